The van der Waals surface area contributed by atoms with Gasteiger partial charge in [0.2, 0.25) is 0 Å². The second-order valence-electron chi connectivity index (χ2n) is 2.24. The maximum atomic E-state index is 11.0. The summed E-state index contributed by atoms with van der Waals surface area (Å²) >= 11 is 1.39. The summed E-state index contributed by atoms with van der Waals surface area (Å²) in [6.45, 7) is 1.91. The summed E-state index contributed by atoms with van der Waals surface area (Å²) in [5.41, 5.74) is 1.55. The molecule has 0 fully saturated rings. The number of H-pyrrole nitrogens is 1. The van der Waals surface area contributed by atoms with Crippen LogP contribution in [0.2, 0.25) is 0 Å². The lowest BCUT2D eigenvalue weighted by atomic mass is 10.3. The Bertz CT molecular complexity index is 444. The largest absolute Gasteiger partial charge is 0.285 e. The zero-order valence-electron chi connectivity index (χ0n) is 5.79. The van der Waals surface area contributed by atoms with Crippen LogP contribution in [0, 0.1) is 6.92 Å². The summed E-state index contributed by atoms with van der Waals surface area (Å²) in [5, 5.41) is 11.4. The Balaban J connectivity index is 3.06. The first-order valence-corrected chi connectivity index (χ1v) is 3.96. The summed E-state index contributed by atoms with van der Waals surface area (Å²) < 4.78 is 0.650. The van der Waals surface area contributed by atoms with Crippen LogP contribution in [-0.2, 0) is 0 Å². The topological polar surface area (TPSA) is 58.6 Å². The van der Waals surface area contributed by atoms with Crippen LogP contribution in [0.4, 0.5) is 0 Å². The third-order valence-electron chi connectivity index (χ3n) is 1.45. The van der Waals surface area contributed by atoms with Crippen molar-refractivity contribution < 1.29 is 0 Å². The Morgan fingerprint density at radius 2 is 2.45 bits per heavy atom. The van der Waals surface area contributed by atoms with Crippen molar-refractivity contribution in [1.29, 1.82) is 0 Å². The first kappa shape index (κ1) is 6.48. The molecule has 5 heteroatoms. The molecule has 0 aromatic carbocycles. The van der Waals surface area contributed by atoms with Crippen molar-refractivity contribution in [2.75, 3.05) is 0 Å². The Hall–Kier alpha value is -1.23. The van der Waals surface area contributed by atoms with Gasteiger partial charge in [-0.25, -0.2) is 5.10 Å². The van der Waals surface area contributed by atoms with Gasteiger partial charge >= 0.3 is 0 Å². The first-order chi connectivity index (χ1) is 5.29. The smallest absolute Gasteiger partial charge is 0.266 e. The van der Waals surface area contributed by atoms with Crippen LogP contribution in [0.3, 0.4) is 0 Å². The molecule has 0 saturated carbocycles. The Morgan fingerprint density at radius 1 is 1.64 bits per heavy atom. The van der Waals surface area contributed by atoms with Crippen molar-refractivity contribution in [2.45, 2.75) is 6.92 Å². The number of hydrogen-bond acceptors (Lipinski definition) is 4. The van der Waals surface area contributed by atoms with E-state index in [1.807, 2.05) is 12.3 Å². The molecule has 0 aliphatic heterocycles. The van der Waals surface area contributed by atoms with Gasteiger partial charge in [-0.15, -0.1) is 16.4 Å². The number of fused-ring (bicyclic) bond motifs is 1. The minimum absolute atomic E-state index is 0.159. The minimum atomic E-state index is -0.159. The van der Waals surface area contributed by atoms with Gasteiger partial charge in [-0.3, -0.25) is 4.79 Å². The monoisotopic (exact) mass is 167 g/mol. The fraction of sp³-hybridized carbons (Fsp3) is 0.167. The van der Waals surface area contributed by atoms with Gasteiger partial charge in [0, 0.05) is 0 Å². The molecule has 11 heavy (non-hydrogen) atoms. The zero-order chi connectivity index (χ0) is 7.84. The second-order valence-corrected chi connectivity index (χ2v) is 3.12. The highest BCUT2D eigenvalue weighted by Crippen LogP contribution is 2.17. The minimum Gasteiger partial charge on any atom is -0.266 e. The molecular weight excluding hydrogens is 162 g/mol. The van der Waals surface area contributed by atoms with E-state index < -0.39 is 0 Å². The fourth-order valence-electron chi connectivity index (χ4n) is 0.895. The summed E-state index contributed by atoms with van der Waals surface area (Å²) in [5.74, 6) is 0. The highest BCUT2D eigenvalue weighted by molar-refractivity contribution is 7.17. The molecule has 0 saturated heterocycles. The predicted molar refractivity (Wildman–Crippen MR) is 42.8 cm³/mol. The van der Waals surface area contributed by atoms with E-state index in [-0.39, 0.29) is 5.56 Å². The third kappa shape index (κ3) is 0.848. The number of nitrogens with one attached hydrogen (secondary N) is 1. The Morgan fingerprint density at radius 3 is 3.18 bits per heavy atom. The first-order valence-electron chi connectivity index (χ1n) is 3.08. The normalized spacial score (nSPS) is 10.6. The molecule has 4 nitrogen and oxygen atoms in total. The van der Waals surface area contributed by atoms with Crippen molar-refractivity contribution in [2.24, 2.45) is 0 Å². The van der Waals surface area contributed by atoms with Crippen LogP contribution >= 0.6 is 11.3 Å². The fourth-order valence-corrected chi connectivity index (χ4v) is 1.77. The molecule has 0 unspecified atom stereocenters. The standard InChI is InChI=1S/C6H5N3OS/c1-3-2-11-5-4(3)7-9-8-6(5)10/h2H,1H3,(H,7,8,10). The van der Waals surface area contributed by atoms with Crippen molar-refractivity contribution in [3.63, 3.8) is 0 Å². The molecule has 0 atom stereocenters. The van der Waals surface area contributed by atoms with E-state index in [4.69, 9.17) is 0 Å². The highest BCUT2D eigenvalue weighted by atomic mass is 32.1. The number of aryl methyl sites for hydroxylation is 1. The average Bonchev–Trinajstić information content (AvgIpc) is 2.35. The van der Waals surface area contributed by atoms with Crippen molar-refractivity contribution in [1.82, 2.24) is 15.4 Å². The maximum Gasteiger partial charge on any atom is 0.285 e. The van der Waals surface area contributed by atoms with Crippen molar-refractivity contribution in [3.8, 4) is 0 Å². The molecule has 0 spiro atoms. The summed E-state index contributed by atoms with van der Waals surface area (Å²) in [4.78, 5) is 11.0. The molecule has 0 bridgehead atoms. The van der Waals surface area contributed by atoms with Crippen molar-refractivity contribution in [3.05, 3.63) is 21.3 Å². The van der Waals surface area contributed by atoms with Crippen molar-refractivity contribution >= 4 is 21.6 Å². The van der Waals surface area contributed by atoms with Crippen LogP contribution in [0.15, 0.2) is 10.2 Å². The van der Waals surface area contributed by atoms with Crippen LogP contribution in [0.1, 0.15) is 5.56 Å². The molecule has 1 N–H and O–H groups in total. The van der Waals surface area contributed by atoms with Gasteiger partial charge in [-0.05, 0) is 17.9 Å². The summed E-state index contributed by atoms with van der Waals surface area (Å²) in [6.07, 6.45) is 0. The van der Waals surface area contributed by atoms with Crippen LogP contribution in [-0.4, -0.2) is 15.4 Å². The lowest BCUT2D eigenvalue weighted by Crippen LogP contribution is -2.07. The molecule has 56 valence electrons. The Labute approximate surface area is 65.9 Å². The number of nitrogens with zero attached hydrogens (tertiary/aromatic N) is 2. The van der Waals surface area contributed by atoms with E-state index in [1.54, 1.807) is 0 Å². The number of aromatic nitrogens is 3. The van der Waals surface area contributed by atoms with Gasteiger partial charge in [-0.1, -0.05) is 5.21 Å². The quantitative estimate of drug-likeness (QED) is 0.628. The number of thiophene rings is 1. The lowest BCUT2D eigenvalue weighted by Gasteiger charge is -1.84. The molecule has 2 aromatic heterocycles. The maximum absolute atomic E-state index is 11.0. The number of hydrogen-bond donors (Lipinski definition) is 1. The molecule has 2 aromatic rings. The Kier molecular flexibility index (Phi) is 1.25. The molecular formula is C6H5N3OS. The van der Waals surface area contributed by atoms with Crippen LogP contribution < -0.4 is 5.56 Å². The second kappa shape index (κ2) is 2.13. The molecule has 0 radical (unpaired) electrons. The number of rotatable bonds is 0. The van der Waals surface area contributed by atoms with Gasteiger partial charge in [0.15, 0.2) is 0 Å². The average molecular weight is 167 g/mol. The van der Waals surface area contributed by atoms with Gasteiger partial charge in [0.05, 0.1) is 0 Å². The summed E-state index contributed by atoms with van der Waals surface area (Å²) in [6, 6.07) is 0. The van der Waals surface area contributed by atoms with Gasteiger partial charge in [0.25, 0.3) is 5.56 Å². The van der Waals surface area contributed by atoms with Gasteiger partial charge in [0.1, 0.15) is 10.2 Å². The SMILES string of the molecule is Cc1csc2c(=O)[nH]nnc12. The van der Waals surface area contributed by atoms with E-state index in [9.17, 15) is 4.79 Å². The van der Waals surface area contributed by atoms with Gasteiger partial charge < -0.3 is 0 Å². The molecule has 2 rings (SSSR count). The van der Waals surface area contributed by atoms with Crippen LogP contribution in [0.5, 0.6) is 0 Å². The summed E-state index contributed by atoms with van der Waals surface area (Å²) in [7, 11) is 0. The third-order valence-corrected chi connectivity index (χ3v) is 2.54. The zero-order valence-corrected chi connectivity index (χ0v) is 6.60. The van der Waals surface area contributed by atoms with Gasteiger partial charge in [-0.2, -0.15) is 0 Å². The van der Waals surface area contributed by atoms with E-state index in [2.05, 4.69) is 15.4 Å². The molecule has 2 heterocycles. The van der Waals surface area contributed by atoms with E-state index >= 15 is 0 Å². The van der Waals surface area contributed by atoms with E-state index in [0.29, 0.717) is 10.2 Å². The number of aromatic amines is 1. The molecule has 0 amide bonds. The van der Waals surface area contributed by atoms with E-state index in [0.717, 1.165) is 5.56 Å². The lowest BCUT2D eigenvalue weighted by molar-refractivity contribution is 0.873. The predicted octanol–water partition coefficient (Wildman–Crippen LogP) is 0.688. The van der Waals surface area contributed by atoms with Crippen LogP contribution in [0.25, 0.3) is 10.2 Å². The molecule has 0 aliphatic carbocycles. The highest BCUT2D eigenvalue weighted by Gasteiger charge is 2.03. The molecule has 0 aliphatic rings. The van der Waals surface area contributed by atoms with E-state index in [1.165, 1.54) is 11.3 Å².